The van der Waals surface area contributed by atoms with Gasteiger partial charge in [-0.3, -0.25) is 4.79 Å². The number of thiazole rings is 1. The van der Waals surface area contributed by atoms with Gasteiger partial charge in [-0.05, 0) is 6.07 Å². The van der Waals surface area contributed by atoms with Crippen LogP contribution in [0, 0.1) is 5.82 Å². The summed E-state index contributed by atoms with van der Waals surface area (Å²) in [6, 6.07) is 5.27. The smallest absolute Gasteiger partial charge is 0.326 e. The average molecular weight is 281 g/mol. The second-order valence-electron chi connectivity index (χ2n) is 3.84. The lowest BCUT2D eigenvalue weighted by Crippen LogP contribution is -2.20. The molecule has 0 fully saturated rings. The Morgan fingerprint density at radius 1 is 1.53 bits per heavy atom. The van der Waals surface area contributed by atoms with E-state index in [1.54, 1.807) is 23.6 Å². The Balaban J connectivity index is 2.01. The van der Waals surface area contributed by atoms with Crippen LogP contribution in [0.3, 0.4) is 0 Å². The van der Waals surface area contributed by atoms with Crippen molar-refractivity contribution in [3.05, 3.63) is 46.7 Å². The monoisotopic (exact) mass is 281 g/mol. The van der Waals surface area contributed by atoms with Crippen LogP contribution < -0.4 is 11.1 Å². The first-order valence-electron chi connectivity index (χ1n) is 5.49. The Labute approximate surface area is 112 Å². The third-order valence-corrected chi connectivity index (χ3v) is 3.31. The zero-order valence-electron chi connectivity index (χ0n) is 9.84. The molecule has 0 saturated heterocycles. The number of hydrogen-bond acceptors (Lipinski definition) is 5. The zero-order valence-corrected chi connectivity index (χ0v) is 10.7. The first kappa shape index (κ1) is 13.4. The summed E-state index contributed by atoms with van der Waals surface area (Å²) >= 11 is 1.23. The molecule has 2 aromatic rings. The highest BCUT2D eigenvalue weighted by molar-refractivity contribution is 7.13. The van der Waals surface area contributed by atoms with Crippen LogP contribution in [0.15, 0.2) is 29.6 Å². The van der Waals surface area contributed by atoms with Gasteiger partial charge in [0.15, 0.2) is 5.13 Å². The zero-order chi connectivity index (χ0) is 13.8. The molecule has 0 spiro atoms. The van der Waals surface area contributed by atoms with Gasteiger partial charge in [-0.1, -0.05) is 18.2 Å². The highest BCUT2D eigenvalue weighted by Crippen LogP contribution is 2.20. The van der Waals surface area contributed by atoms with Gasteiger partial charge in [-0.25, -0.2) is 9.37 Å². The summed E-state index contributed by atoms with van der Waals surface area (Å²) in [6.45, 7) is 0.280. The summed E-state index contributed by atoms with van der Waals surface area (Å²) in [6.07, 6.45) is 0. The van der Waals surface area contributed by atoms with Crippen LogP contribution in [-0.2, 0) is 11.3 Å². The van der Waals surface area contributed by atoms with Crippen molar-refractivity contribution in [2.24, 2.45) is 5.73 Å². The number of aliphatic carboxylic acids is 1. The molecule has 5 nitrogen and oxygen atoms in total. The number of carboxylic acid groups (broad SMARTS) is 1. The van der Waals surface area contributed by atoms with E-state index in [9.17, 15) is 9.18 Å². The Hall–Kier alpha value is -1.99. The van der Waals surface area contributed by atoms with E-state index in [1.807, 2.05) is 0 Å². The predicted octanol–water partition coefficient (Wildman–Crippen LogP) is 1.98. The molecule has 1 aromatic carbocycles. The number of nitrogens with one attached hydrogen (secondary N) is 1. The maximum atomic E-state index is 13.4. The van der Waals surface area contributed by atoms with Gasteiger partial charge in [0.25, 0.3) is 0 Å². The van der Waals surface area contributed by atoms with Crippen molar-refractivity contribution in [3.63, 3.8) is 0 Å². The second-order valence-corrected chi connectivity index (χ2v) is 4.70. The van der Waals surface area contributed by atoms with E-state index in [-0.39, 0.29) is 18.1 Å². The maximum Gasteiger partial charge on any atom is 0.326 e. The van der Waals surface area contributed by atoms with Crippen LogP contribution in [0.4, 0.5) is 9.52 Å². The number of carboxylic acids is 1. The van der Waals surface area contributed by atoms with Crippen molar-refractivity contribution in [1.82, 2.24) is 4.98 Å². The Kier molecular flexibility index (Phi) is 4.08. The Morgan fingerprint density at radius 3 is 2.95 bits per heavy atom. The highest BCUT2D eigenvalue weighted by atomic mass is 32.1. The maximum absolute atomic E-state index is 13.4. The number of carbonyl (C=O) groups is 1. The van der Waals surface area contributed by atoms with Gasteiger partial charge in [0.1, 0.15) is 11.9 Å². The van der Waals surface area contributed by atoms with Crippen molar-refractivity contribution < 1.29 is 14.3 Å². The highest BCUT2D eigenvalue weighted by Gasteiger charge is 2.17. The Morgan fingerprint density at radius 2 is 2.26 bits per heavy atom. The van der Waals surface area contributed by atoms with Gasteiger partial charge >= 0.3 is 5.97 Å². The molecule has 4 N–H and O–H groups in total. The van der Waals surface area contributed by atoms with E-state index >= 15 is 0 Å². The number of anilines is 1. The first-order valence-corrected chi connectivity index (χ1v) is 6.37. The summed E-state index contributed by atoms with van der Waals surface area (Å²) in [5.41, 5.74) is 6.24. The van der Waals surface area contributed by atoms with E-state index in [2.05, 4.69) is 10.3 Å². The van der Waals surface area contributed by atoms with Crippen molar-refractivity contribution in [2.75, 3.05) is 5.32 Å². The number of rotatable bonds is 5. The second kappa shape index (κ2) is 5.77. The number of nitrogens with two attached hydrogens (primary N) is 1. The number of aromatic nitrogens is 1. The normalized spacial score (nSPS) is 12.1. The summed E-state index contributed by atoms with van der Waals surface area (Å²) in [5.74, 6) is -1.43. The van der Waals surface area contributed by atoms with E-state index in [1.165, 1.54) is 17.4 Å². The third-order valence-electron chi connectivity index (χ3n) is 2.49. The van der Waals surface area contributed by atoms with Crippen LogP contribution >= 0.6 is 11.3 Å². The minimum absolute atomic E-state index is 0.280. The fourth-order valence-corrected chi connectivity index (χ4v) is 2.19. The number of nitrogens with zero attached hydrogens (tertiary/aromatic N) is 1. The lowest BCUT2D eigenvalue weighted by Gasteiger charge is -2.04. The van der Waals surface area contributed by atoms with E-state index in [0.29, 0.717) is 10.7 Å². The largest absolute Gasteiger partial charge is 0.480 e. The van der Waals surface area contributed by atoms with Crippen molar-refractivity contribution >= 4 is 22.4 Å². The van der Waals surface area contributed by atoms with Crippen LogP contribution in [0.2, 0.25) is 0 Å². The van der Waals surface area contributed by atoms with Crippen LogP contribution in [0.25, 0.3) is 0 Å². The van der Waals surface area contributed by atoms with Gasteiger partial charge < -0.3 is 16.2 Å². The van der Waals surface area contributed by atoms with E-state index < -0.39 is 12.0 Å². The SMILES string of the molecule is NC(C(=O)O)c1csc(NCc2ccccc2F)n1. The lowest BCUT2D eigenvalue weighted by atomic mass is 10.2. The molecule has 1 heterocycles. The predicted molar refractivity (Wildman–Crippen MR) is 70.4 cm³/mol. The molecule has 0 aliphatic heterocycles. The molecule has 0 radical (unpaired) electrons. The third kappa shape index (κ3) is 3.27. The number of benzene rings is 1. The summed E-state index contributed by atoms with van der Waals surface area (Å²) < 4.78 is 13.4. The minimum Gasteiger partial charge on any atom is -0.480 e. The summed E-state index contributed by atoms with van der Waals surface area (Å²) in [5, 5.41) is 13.8. The van der Waals surface area contributed by atoms with E-state index in [0.717, 1.165) is 0 Å². The molecule has 19 heavy (non-hydrogen) atoms. The van der Waals surface area contributed by atoms with Crippen molar-refractivity contribution in [1.29, 1.82) is 0 Å². The minimum atomic E-state index is -1.14. The average Bonchev–Trinajstić information content (AvgIpc) is 2.85. The first-order chi connectivity index (χ1) is 9.08. The van der Waals surface area contributed by atoms with Gasteiger partial charge in [0.2, 0.25) is 0 Å². The molecule has 0 aliphatic rings. The molecule has 0 bridgehead atoms. The summed E-state index contributed by atoms with van der Waals surface area (Å²) in [7, 11) is 0. The molecular weight excluding hydrogens is 269 g/mol. The Bertz CT molecular complexity index is 588. The fourth-order valence-electron chi connectivity index (χ4n) is 1.45. The standard InChI is InChI=1S/C12H12FN3O2S/c13-8-4-2-1-3-7(8)5-15-12-16-9(6-19-12)10(14)11(17)18/h1-4,6,10H,5,14H2,(H,15,16)(H,17,18). The molecule has 7 heteroatoms. The van der Waals surface area contributed by atoms with E-state index in [4.69, 9.17) is 10.8 Å². The van der Waals surface area contributed by atoms with Crippen LogP contribution in [0.5, 0.6) is 0 Å². The van der Waals surface area contributed by atoms with Gasteiger partial charge in [0, 0.05) is 17.5 Å². The molecule has 2 rings (SSSR count). The quantitative estimate of drug-likeness (QED) is 0.780. The van der Waals surface area contributed by atoms with Gasteiger partial charge in [-0.2, -0.15) is 0 Å². The number of halogens is 1. The number of hydrogen-bond donors (Lipinski definition) is 3. The molecule has 0 amide bonds. The lowest BCUT2D eigenvalue weighted by molar-refractivity contribution is -0.138. The molecule has 1 aromatic heterocycles. The van der Waals surface area contributed by atoms with Crippen LogP contribution in [-0.4, -0.2) is 16.1 Å². The molecule has 1 atom stereocenters. The molecule has 0 aliphatic carbocycles. The van der Waals surface area contributed by atoms with Gasteiger partial charge in [0.05, 0.1) is 5.69 Å². The summed E-state index contributed by atoms with van der Waals surface area (Å²) in [4.78, 5) is 14.8. The molecule has 1 unspecified atom stereocenters. The van der Waals surface area contributed by atoms with Gasteiger partial charge in [-0.15, -0.1) is 11.3 Å². The van der Waals surface area contributed by atoms with Crippen LogP contribution in [0.1, 0.15) is 17.3 Å². The van der Waals surface area contributed by atoms with Crippen molar-refractivity contribution in [2.45, 2.75) is 12.6 Å². The molecular formula is C12H12FN3O2S. The fraction of sp³-hybridized carbons (Fsp3) is 0.167. The topological polar surface area (TPSA) is 88.2 Å². The van der Waals surface area contributed by atoms with Crippen molar-refractivity contribution in [3.8, 4) is 0 Å². The molecule has 0 saturated carbocycles. The molecule has 100 valence electrons.